The smallest absolute Gasteiger partial charge is 0.328 e. The summed E-state index contributed by atoms with van der Waals surface area (Å²) in [7, 11) is 0. The van der Waals surface area contributed by atoms with Crippen LogP contribution in [0.15, 0.2) is 86.9 Å². The summed E-state index contributed by atoms with van der Waals surface area (Å²) in [5, 5.41) is 3.12. The monoisotopic (exact) mass is 428 g/mol. The number of ether oxygens (including phenoxy) is 1. The fourth-order valence-corrected chi connectivity index (χ4v) is 2.88. The summed E-state index contributed by atoms with van der Waals surface area (Å²) in [6.45, 7) is 0.289. The third kappa shape index (κ3) is 6.00. The summed E-state index contributed by atoms with van der Waals surface area (Å²) < 4.78 is 5.47. The Labute approximate surface area is 182 Å². The number of carbonyl (C=O) groups is 1. The number of rotatable bonds is 10. The Morgan fingerprint density at radius 2 is 1.44 bits per heavy atom. The zero-order valence-corrected chi connectivity index (χ0v) is 16.6. The zero-order chi connectivity index (χ0) is 22.8. The maximum Gasteiger partial charge on any atom is 0.328 e. The van der Waals surface area contributed by atoms with Gasteiger partial charge in [0.25, 0.3) is 0 Å². The van der Waals surface area contributed by atoms with E-state index < -0.39 is 12.0 Å². The maximum atomic E-state index is 12.9. The number of nitrogens with one attached hydrogen (secondary N) is 1. The Bertz CT molecular complexity index is 1200. The number of aliphatic imine (C=N–C) groups is 3. The Morgan fingerprint density at radius 1 is 0.844 bits per heavy atom. The number of isocyanates is 3. The number of hydrogen-bond donors (Lipinski definition) is 1. The van der Waals surface area contributed by atoms with Crippen LogP contribution in [0.1, 0.15) is 5.56 Å². The molecule has 0 bridgehead atoms. The molecule has 1 aliphatic carbocycles. The summed E-state index contributed by atoms with van der Waals surface area (Å²) in [6, 6.07) is 12.1. The van der Waals surface area contributed by atoms with E-state index in [4.69, 9.17) is 4.74 Å². The van der Waals surface area contributed by atoms with Crippen LogP contribution in [0.5, 0.6) is 5.75 Å². The zero-order valence-electron chi connectivity index (χ0n) is 16.6. The van der Waals surface area contributed by atoms with Crippen LogP contribution in [0.2, 0.25) is 0 Å². The molecule has 0 aromatic heterocycles. The highest BCUT2D eigenvalue weighted by molar-refractivity contribution is 5.79. The van der Waals surface area contributed by atoms with Gasteiger partial charge in [0.15, 0.2) is 0 Å². The van der Waals surface area contributed by atoms with Crippen molar-refractivity contribution in [2.75, 3.05) is 6.54 Å². The van der Waals surface area contributed by atoms with E-state index in [-0.39, 0.29) is 12.3 Å². The molecule has 2 aromatic rings. The third-order valence-corrected chi connectivity index (χ3v) is 4.54. The molecule has 0 heterocycles. The second-order valence-corrected chi connectivity index (χ2v) is 6.57. The van der Waals surface area contributed by atoms with Crippen molar-refractivity contribution in [3.05, 3.63) is 77.5 Å². The number of carbonyl (C=O) groups excluding carboxylic acids is 4. The number of hydrogen-bond acceptors (Lipinski definition) is 9. The quantitative estimate of drug-likeness (QED) is 0.268. The number of esters is 1. The second kappa shape index (κ2) is 11.0. The lowest BCUT2D eigenvalue weighted by atomic mass is 10.0. The minimum absolute atomic E-state index is 0.288. The molecule has 3 rings (SSSR count). The Balaban J connectivity index is 1.72. The summed E-state index contributed by atoms with van der Waals surface area (Å²) in [4.78, 5) is 54.7. The van der Waals surface area contributed by atoms with Gasteiger partial charge < -0.3 is 4.74 Å². The summed E-state index contributed by atoms with van der Waals surface area (Å²) in [6.07, 6.45) is 8.15. The van der Waals surface area contributed by atoms with Gasteiger partial charge in [-0.2, -0.15) is 15.0 Å². The third-order valence-electron chi connectivity index (χ3n) is 4.54. The highest BCUT2D eigenvalue weighted by Crippen LogP contribution is 2.21. The van der Waals surface area contributed by atoms with Crippen LogP contribution >= 0.6 is 0 Å². The van der Waals surface area contributed by atoms with Crippen molar-refractivity contribution in [1.82, 2.24) is 5.32 Å². The van der Waals surface area contributed by atoms with Gasteiger partial charge in [-0.25, -0.2) is 19.2 Å². The Morgan fingerprint density at radius 3 is 1.97 bits per heavy atom. The average molecular weight is 428 g/mol. The Hall–Kier alpha value is -4.51. The Kier molecular flexibility index (Phi) is 7.65. The van der Waals surface area contributed by atoms with Gasteiger partial charge in [-0.05, 0) is 60.0 Å². The van der Waals surface area contributed by atoms with Crippen molar-refractivity contribution < 1.29 is 23.9 Å². The molecule has 2 aromatic carbocycles. The lowest BCUT2D eigenvalue weighted by Gasteiger charge is -2.20. The highest BCUT2D eigenvalue weighted by atomic mass is 16.5. The standard InChI is InChI=1S/C23H16N4O5/c28-13-25-18-4-1-16(2-5-18)11-22(24-12-17-3-10-21(17)27-15-30)23(31)32-20-8-6-19(7-9-20)26-14-29/h1-10,22,24H,11-12H2. The van der Waals surface area contributed by atoms with Crippen molar-refractivity contribution in [1.29, 1.82) is 0 Å². The largest absolute Gasteiger partial charge is 0.425 e. The number of allylic oxidation sites excluding steroid dienone is 2. The molecule has 0 spiro atoms. The van der Waals surface area contributed by atoms with Crippen LogP contribution in [-0.4, -0.2) is 36.8 Å². The molecule has 32 heavy (non-hydrogen) atoms. The number of nitrogens with zero attached hydrogens (tertiary/aromatic N) is 3. The second-order valence-electron chi connectivity index (χ2n) is 6.57. The van der Waals surface area contributed by atoms with Crippen LogP contribution < -0.4 is 10.1 Å². The van der Waals surface area contributed by atoms with Gasteiger partial charge in [-0.1, -0.05) is 18.2 Å². The molecule has 0 radical (unpaired) electrons. The molecule has 1 N–H and O–H groups in total. The minimum Gasteiger partial charge on any atom is -0.425 e. The molecule has 0 aliphatic heterocycles. The molecule has 9 heteroatoms. The molecular weight excluding hydrogens is 412 g/mol. The van der Waals surface area contributed by atoms with Crippen LogP contribution in [-0.2, 0) is 25.6 Å². The molecule has 158 valence electrons. The van der Waals surface area contributed by atoms with E-state index in [1.165, 1.54) is 42.5 Å². The predicted octanol–water partition coefficient (Wildman–Crippen LogP) is 2.89. The topological polar surface area (TPSA) is 127 Å². The average Bonchev–Trinajstić information content (AvgIpc) is 2.79. The van der Waals surface area contributed by atoms with Gasteiger partial charge in [0.2, 0.25) is 18.2 Å². The van der Waals surface area contributed by atoms with Gasteiger partial charge in [-0.3, -0.25) is 5.32 Å². The van der Waals surface area contributed by atoms with E-state index in [1.807, 2.05) is 0 Å². The summed E-state index contributed by atoms with van der Waals surface area (Å²) >= 11 is 0. The van der Waals surface area contributed by atoms with Crippen LogP contribution in [0.25, 0.3) is 0 Å². The summed E-state index contributed by atoms with van der Waals surface area (Å²) in [5.74, 6) is -0.243. The van der Waals surface area contributed by atoms with Gasteiger partial charge in [0.1, 0.15) is 11.8 Å². The molecule has 9 nitrogen and oxygen atoms in total. The first kappa shape index (κ1) is 22.2. The van der Waals surface area contributed by atoms with E-state index >= 15 is 0 Å². The first-order valence-electron chi connectivity index (χ1n) is 9.42. The fourth-order valence-electron chi connectivity index (χ4n) is 2.88. The lowest BCUT2D eigenvalue weighted by Crippen LogP contribution is -2.42. The van der Waals surface area contributed by atoms with Crippen molar-refractivity contribution in [3.63, 3.8) is 0 Å². The van der Waals surface area contributed by atoms with Crippen molar-refractivity contribution in [2.24, 2.45) is 15.0 Å². The van der Waals surface area contributed by atoms with Gasteiger partial charge >= 0.3 is 5.97 Å². The first-order valence-corrected chi connectivity index (χ1v) is 9.42. The summed E-state index contributed by atoms with van der Waals surface area (Å²) in [5.41, 5.74) is 2.92. The maximum absolute atomic E-state index is 12.9. The van der Waals surface area contributed by atoms with E-state index in [9.17, 15) is 19.2 Å². The molecule has 1 atom stereocenters. The minimum atomic E-state index is -0.731. The SMILES string of the molecule is O=C=NC1=CC=C1CNC(Cc1ccc(N=C=O)cc1)C(=O)Oc1ccc(N=C=O)cc1. The van der Waals surface area contributed by atoms with Gasteiger partial charge in [0.05, 0.1) is 17.1 Å². The highest BCUT2D eigenvalue weighted by Gasteiger charge is 2.23. The first-order chi connectivity index (χ1) is 15.6. The normalized spacial score (nSPS) is 12.5. The van der Waals surface area contributed by atoms with Crippen molar-refractivity contribution >= 4 is 35.6 Å². The molecule has 0 amide bonds. The predicted molar refractivity (Wildman–Crippen MR) is 114 cm³/mol. The number of benzene rings is 2. The van der Waals surface area contributed by atoms with E-state index in [2.05, 4.69) is 20.3 Å². The van der Waals surface area contributed by atoms with E-state index in [0.29, 0.717) is 23.5 Å². The van der Waals surface area contributed by atoms with Gasteiger partial charge in [-0.15, -0.1) is 0 Å². The molecule has 0 saturated carbocycles. The van der Waals surface area contributed by atoms with Crippen molar-refractivity contribution in [3.8, 4) is 5.75 Å². The molecule has 0 fully saturated rings. The molecule has 0 saturated heterocycles. The van der Waals surface area contributed by atoms with E-state index in [0.717, 1.165) is 11.1 Å². The fraction of sp³-hybridized carbons (Fsp3) is 0.130. The molecule has 1 aliphatic rings. The van der Waals surface area contributed by atoms with Crippen LogP contribution in [0.3, 0.4) is 0 Å². The molecule has 1 unspecified atom stereocenters. The van der Waals surface area contributed by atoms with E-state index in [1.54, 1.807) is 36.4 Å². The lowest BCUT2D eigenvalue weighted by molar-refractivity contribution is -0.136. The van der Waals surface area contributed by atoms with Crippen molar-refractivity contribution in [2.45, 2.75) is 12.5 Å². The van der Waals surface area contributed by atoms with Crippen LogP contribution in [0, 0.1) is 0 Å². The van der Waals surface area contributed by atoms with Crippen LogP contribution in [0.4, 0.5) is 11.4 Å². The van der Waals surface area contributed by atoms with Gasteiger partial charge in [0, 0.05) is 6.54 Å². The molecular formula is C23H16N4O5.